The zero-order valence-corrected chi connectivity index (χ0v) is 10.8. The number of rotatable bonds is 5. The van der Waals surface area contributed by atoms with Gasteiger partial charge in [0.05, 0.1) is 6.54 Å². The zero-order chi connectivity index (χ0) is 13.7. The van der Waals surface area contributed by atoms with Crippen LogP contribution in [0.2, 0.25) is 0 Å². The molecule has 0 aliphatic rings. The van der Waals surface area contributed by atoms with Crippen molar-refractivity contribution in [3.05, 3.63) is 29.2 Å². The van der Waals surface area contributed by atoms with Gasteiger partial charge in [0.2, 0.25) is 0 Å². The van der Waals surface area contributed by atoms with Crippen LogP contribution in [0.1, 0.15) is 28.8 Å². The Bertz CT molecular complexity index is 552. The smallest absolute Gasteiger partial charge is 0.251 e. The molecular weight excluding hydrogens is 246 g/mol. The largest absolute Gasteiger partial charge is 0.370 e. The van der Waals surface area contributed by atoms with Crippen molar-refractivity contribution in [2.75, 3.05) is 11.9 Å². The first-order chi connectivity index (χ1) is 9.19. The summed E-state index contributed by atoms with van der Waals surface area (Å²) >= 11 is 0. The van der Waals surface area contributed by atoms with Crippen LogP contribution in [0, 0.1) is 6.92 Å². The molecule has 2 aromatic heterocycles. The number of pyridine rings is 1. The van der Waals surface area contributed by atoms with Crippen molar-refractivity contribution >= 4 is 11.7 Å². The second-order valence-electron chi connectivity index (χ2n) is 3.92. The van der Waals surface area contributed by atoms with Gasteiger partial charge < -0.3 is 10.6 Å². The van der Waals surface area contributed by atoms with Gasteiger partial charge >= 0.3 is 0 Å². The summed E-state index contributed by atoms with van der Waals surface area (Å²) in [5.41, 5.74) is 1.33. The normalized spacial score (nSPS) is 10.2. The minimum Gasteiger partial charge on any atom is -0.370 e. The maximum Gasteiger partial charge on any atom is 0.251 e. The molecule has 0 spiro atoms. The molecule has 100 valence electrons. The van der Waals surface area contributed by atoms with E-state index in [2.05, 4.69) is 36.2 Å². The number of tetrazole rings is 1. The summed E-state index contributed by atoms with van der Waals surface area (Å²) in [5, 5.41) is 19.1. The maximum absolute atomic E-state index is 12.0. The fraction of sp³-hybridized carbons (Fsp3) is 0.364. The Balaban J connectivity index is 2.05. The molecule has 0 atom stereocenters. The Morgan fingerprint density at radius 1 is 1.42 bits per heavy atom. The SMILES string of the molecule is CCNc1cc(C(=O)NCc2nn[nH]n2)cc(C)n1. The molecule has 0 aliphatic heterocycles. The quantitative estimate of drug-likeness (QED) is 0.712. The number of aromatic nitrogens is 5. The summed E-state index contributed by atoms with van der Waals surface area (Å²) in [6.45, 7) is 4.80. The Hall–Kier alpha value is -2.51. The molecule has 2 rings (SSSR count). The zero-order valence-electron chi connectivity index (χ0n) is 10.8. The van der Waals surface area contributed by atoms with Crippen molar-refractivity contribution in [2.24, 2.45) is 0 Å². The fourth-order valence-corrected chi connectivity index (χ4v) is 1.59. The van der Waals surface area contributed by atoms with Gasteiger partial charge in [0.15, 0.2) is 5.82 Å². The van der Waals surface area contributed by atoms with E-state index in [4.69, 9.17) is 0 Å². The first-order valence-electron chi connectivity index (χ1n) is 5.92. The van der Waals surface area contributed by atoms with E-state index in [1.54, 1.807) is 12.1 Å². The Labute approximate surface area is 110 Å². The van der Waals surface area contributed by atoms with E-state index >= 15 is 0 Å². The fourth-order valence-electron chi connectivity index (χ4n) is 1.59. The van der Waals surface area contributed by atoms with E-state index in [0.717, 1.165) is 12.2 Å². The van der Waals surface area contributed by atoms with Gasteiger partial charge in [-0.3, -0.25) is 4.79 Å². The standard InChI is InChI=1S/C11H15N7O/c1-3-12-9-5-8(4-7(2)14-9)11(19)13-6-10-15-17-18-16-10/h4-5H,3,6H2,1-2H3,(H,12,14)(H,13,19)(H,15,16,17,18). The second kappa shape index (κ2) is 5.89. The molecule has 0 aliphatic carbocycles. The van der Waals surface area contributed by atoms with E-state index in [1.807, 2.05) is 13.8 Å². The summed E-state index contributed by atoms with van der Waals surface area (Å²) in [6, 6.07) is 3.44. The van der Waals surface area contributed by atoms with E-state index in [-0.39, 0.29) is 12.5 Å². The molecule has 8 heteroatoms. The molecule has 2 heterocycles. The Morgan fingerprint density at radius 2 is 2.26 bits per heavy atom. The van der Waals surface area contributed by atoms with Crippen LogP contribution in [0.15, 0.2) is 12.1 Å². The average molecular weight is 261 g/mol. The Kier molecular flexibility index (Phi) is 4.01. The van der Waals surface area contributed by atoms with Crippen LogP contribution in [-0.2, 0) is 6.54 Å². The van der Waals surface area contributed by atoms with Crippen LogP contribution in [0.3, 0.4) is 0 Å². The maximum atomic E-state index is 12.0. The number of hydrogen-bond donors (Lipinski definition) is 3. The number of H-pyrrole nitrogens is 1. The topological polar surface area (TPSA) is 108 Å². The lowest BCUT2D eigenvalue weighted by atomic mass is 10.2. The van der Waals surface area contributed by atoms with Gasteiger partial charge in [-0.1, -0.05) is 5.21 Å². The number of carbonyl (C=O) groups excluding carboxylic acids is 1. The van der Waals surface area contributed by atoms with E-state index < -0.39 is 0 Å². The molecule has 0 radical (unpaired) electrons. The average Bonchev–Trinajstić information content (AvgIpc) is 2.88. The summed E-state index contributed by atoms with van der Waals surface area (Å²) in [5.74, 6) is 0.924. The van der Waals surface area contributed by atoms with Crippen LogP contribution in [0.5, 0.6) is 0 Å². The van der Waals surface area contributed by atoms with E-state index in [0.29, 0.717) is 17.2 Å². The monoisotopic (exact) mass is 261 g/mol. The number of hydrogen-bond acceptors (Lipinski definition) is 6. The number of anilines is 1. The lowest BCUT2D eigenvalue weighted by molar-refractivity contribution is 0.0949. The number of nitrogens with zero attached hydrogens (tertiary/aromatic N) is 4. The molecule has 3 N–H and O–H groups in total. The molecule has 0 aromatic carbocycles. The van der Waals surface area contributed by atoms with Crippen molar-refractivity contribution in [2.45, 2.75) is 20.4 Å². The van der Waals surface area contributed by atoms with Crippen molar-refractivity contribution < 1.29 is 4.79 Å². The van der Waals surface area contributed by atoms with Crippen molar-refractivity contribution in [3.63, 3.8) is 0 Å². The Morgan fingerprint density at radius 3 is 2.95 bits per heavy atom. The van der Waals surface area contributed by atoms with Crippen LogP contribution in [0.25, 0.3) is 0 Å². The molecular formula is C11H15N7O. The van der Waals surface area contributed by atoms with Gasteiger partial charge in [-0.05, 0) is 26.0 Å². The first-order valence-corrected chi connectivity index (χ1v) is 5.92. The van der Waals surface area contributed by atoms with Crippen LogP contribution in [0.4, 0.5) is 5.82 Å². The van der Waals surface area contributed by atoms with Gasteiger partial charge in [-0.25, -0.2) is 4.98 Å². The highest BCUT2D eigenvalue weighted by atomic mass is 16.1. The van der Waals surface area contributed by atoms with Crippen molar-refractivity contribution in [1.29, 1.82) is 0 Å². The van der Waals surface area contributed by atoms with Crippen LogP contribution in [-0.4, -0.2) is 38.1 Å². The van der Waals surface area contributed by atoms with Crippen LogP contribution >= 0.6 is 0 Å². The van der Waals surface area contributed by atoms with Gasteiger partial charge in [0.1, 0.15) is 5.82 Å². The summed E-state index contributed by atoms with van der Waals surface area (Å²) < 4.78 is 0. The minimum absolute atomic E-state index is 0.200. The highest BCUT2D eigenvalue weighted by Crippen LogP contribution is 2.10. The van der Waals surface area contributed by atoms with Gasteiger partial charge in [-0.15, -0.1) is 10.2 Å². The second-order valence-corrected chi connectivity index (χ2v) is 3.92. The summed E-state index contributed by atoms with van der Waals surface area (Å²) in [4.78, 5) is 16.3. The summed E-state index contributed by atoms with van der Waals surface area (Å²) in [7, 11) is 0. The molecule has 19 heavy (non-hydrogen) atoms. The molecule has 8 nitrogen and oxygen atoms in total. The van der Waals surface area contributed by atoms with Crippen molar-refractivity contribution in [3.8, 4) is 0 Å². The van der Waals surface area contributed by atoms with Gasteiger partial charge in [0.25, 0.3) is 5.91 Å². The number of aromatic amines is 1. The van der Waals surface area contributed by atoms with Gasteiger partial charge in [-0.2, -0.15) is 5.21 Å². The third-order valence-corrected chi connectivity index (χ3v) is 2.37. The molecule has 0 bridgehead atoms. The third-order valence-electron chi connectivity index (χ3n) is 2.37. The highest BCUT2D eigenvalue weighted by molar-refractivity contribution is 5.94. The lowest BCUT2D eigenvalue weighted by Crippen LogP contribution is -2.24. The first kappa shape index (κ1) is 12.9. The third kappa shape index (κ3) is 3.47. The molecule has 2 aromatic rings. The number of amides is 1. The minimum atomic E-state index is -0.200. The predicted molar refractivity (Wildman–Crippen MR) is 68.5 cm³/mol. The number of aryl methyl sites for hydroxylation is 1. The lowest BCUT2D eigenvalue weighted by Gasteiger charge is -2.07. The van der Waals surface area contributed by atoms with Crippen LogP contribution < -0.4 is 10.6 Å². The molecule has 1 amide bonds. The molecule has 0 saturated heterocycles. The van der Waals surface area contributed by atoms with Crippen molar-refractivity contribution in [1.82, 2.24) is 30.9 Å². The molecule has 0 fully saturated rings. The van der Waals surface area contributed by atoms with E-state index in [1.165, 1.54) is 0 Å². The molecule has 0 unspecified atom stereocenters. The predicted octanol–water partition coefficient (Wildman–Crippen LogP) is 0.265. The summed E-state index contributed by atoms with van der Waals surface area (Å²) in [6.07, 6.45) is 0. The number of nitrogens with one attached hydrogen (secondary N) is 3. The number of carbonyl (C=O) groups is 1. The van der Waals surface area contributed by atoms with E-state index in [9.17, 15) is 4.79 Å². The molecule has 0 saturated carbocycles. The highest BCUT2D eigenvalue weighted by Gasteiger charge is 2.09. The van der Waals surface area contributed by atoms with Gasteiger partial charge in [0, 0.05) is 17.8 Å².